The Morgan fingerprint density at radius 2 is 1.89 bits per heavy atom. The van der Waals surface area contributed by atoms with Gasteiger partial charge in [0.15, 0.2) is 0 Å². The molecule has 0 fully saturated rings. The number of non-ortho nitro benzene ring substituents is 1. The molecule has 0 unspecified atom stereocenters. The summed E-state index contributed by atoms with van der Waals surface area (Å²) in [5.74, 6) is 0. The Hall–Kier alpha value is -3.06. The lowest BCUT2D eigenvalue weighted by molar-refractivity contribution is -0.384. The zero-order valence-electron chi connectivity index (χ0n) is 14.9. The molecule has 1 N–H and O–H groups in total. The maximum absolute atomic E-state index is 11.1. The first kappa shape index (κ1) is 17.4. The molecular formula is C20H18N4O2S. The highest BCUT2D eigenvalue weighted by atomic mass is 32.2. The first-order chi connectivity index (χ1) is 13.0. The Bertz CT molecular complexity index is 1040. The fourth-order valence-corrected chi connectivity index (χ4v) is 4.40. The number of nitrogens with one attached hydrogen (secondary N) is 1. The van der Waals surface area contributed by atoms with Crippen molar-refractivity contribution in [3.63, 3.8) is 0 Å². The molecule has 0 spiro atoms. The van der Waals surface area contributed by atoms with E-state index in [1.165, 1.54) is 6.07 Å². The van der Waals surface area contributed by atoms with Crippen molar-refractivity contribution in [1.29, 1.82) is 0 Å². The Balaban J connectivity index is 1.65. The molecule has 0 amide bonds. The van der Waals surface area contributed by atoms with E-state index in [0.717, 1.165) is 33.2 Å². The number of nitrogens with zero attached hydrogens (tertiary/aromatic N) is 3. The summed E-state index contributed by atoms with van der Waals surface area (Å²) < 4.78 is 2.05. The van der Waals surface area contributed by atoms with E-state index in [1.807, 2.05) is 54.8 Å². The Labute approximate surface area is 161 Å². The van der Waals surface area contributed by atoms with Crippen LogP contribution in [0.1, 0.15) is 27.9 Å². The lowest BCUT2D eigenvalue weighted by Crippen LogP contribution is -2.08. The van der Waals surface area contributed by atoms with E-state index in [9.17, 15) is 10.1 Å². The number of thioether (sulfide) groups is 1. The van der Waals surface area contributed by atoms with Crippen LogP contribution in [0.25, 0.3) is 5.69 Å². The van der Waals surface area contributed by atoms with Crippen LogP contribution in [0, 0.1) is 24.0 Å². The first-order valence-electron chi connectivity index (χ1n) is 8.53. The second-order valence-corrected chi connectivity index (χ2v) is 7.44. The van der Waals surface area contributed by atoms with E-state index in [4.69, 9.17) is 0 Å². The topological polar surface area (TPSA) is 72.5 Å². The Morgan fingerprint density at radius 3 is 2.63 bits per heavy atom. The zero-order valence-corrected chi connectivity index (χ0v) is 15.7. The van der Waals surface area contributed by atoms with Crippen LogP contribution in [-0.2, 0) is 0 Å². The number of nitro groups is 1. The predicted octanol–water partition coefficient (Wildman–Crippen LogP) is 4.70. The van der Waals surface area contributed by atoms with Crippen molar-refractivity contribution < 1.29 is 4.92 Å². The summed E-state index contributed by atoms with van der Waals surface area (Å²) in [5.41, 5.74) is 8.37. The van der Waals surface area contributed by atoms with Gasteiger partial charge in [-0.25, -0.2) is 0 Å². The van der Waals surface area contributed by atoms with Crippen molar-refractivity contribution in [1.82, 2.24) is 9.99 Å². The summed E-state index contributed by atoms with van der Waals surface area (Å²) >= 11 is 1.67. The summed E-state index contributed by atoms with van der Waals surface area (Å²) in [6, 6.07) is 18.9. The highest BCUT2D eigenvalue weighted by Crippen LogP contribution is 2.37. The lowest BCUT2D eigenvalue weighted by atomic mass is 10.2. The van der Waals surface area contributed by atoms with Crippen LogP contribution >= 0.6 is 11.8 Å². The van der Waals surface area contributed by atoms with Crippen LogP contribution in [0.3, 0.4) is 0 Å². The summed E-state index contributed by atoms with van der Waals surface area (Å²) in [6.45, 7) is 4.04. The van der Waals surface area contributed by atoms with Crippen LogP contribution in [0.2, 0.25) is 0 Å². The van der Waals surface area contributed by atoms with Gasteiger partial charge in [0.1, 0.15) is 10.4 Å². The molecular weight excluding hydrogens is 360 g/mol. The molecule has 1 aliphatic rings. The van der Waals surface area contributed by atoms with Crippen molar-refractivity contribution in [3.8, 4) is 5.69 Å². The number of nitro benzene ring substituents is 1. The largest absolute Gasteiger partial charge is 0.318 e. The molecule has 1 aliphatic heterocycles. The third kappa shape index (κ3) is 3.21. The standard InChI is InChI=1S/C20H18N4O2S/c1-13-11-18(20-22-21-19(27-20)15-7-4-3-5-8-15)14(2)23(13)16-9-6-10-17(12-16)24(25)26/h3-12,20,22H,1-2H3/t20-/m1/s1. The van der Waals surface area contributed by atoms with Crippen LogP contribution in [0.5, 0.6) is 0 Å². The molecule has 27 heavy (non-hydrogen) atoms. The van der Waals surface area contributed by atoms with Gasteiger partial charge < -0.3 is 4.57 Å². The smallest absolute Gasteiger partial charge is 0.271 e. The highest BCUT2D eigenvalue weighted by Gasteiger charge is 2.26. The molecule has 7 heteroatoms. The van der Waals surface area contributed by atoms with Crippen LogP contribution in [0.15, 0.2) is 65.8 Å². The number of hydrogen-bond acceptors (Lipinski definition) is 5. The molecule has 1 atom stereocenters. The molecule has 1 aromatic heterocycles. The predicted molar refractivity (Wildman–Crippen MR) is 108 cm³/mol. The van der Waals surface area contributed by atoms with Crippen molar-refractivity contribution >= 4 is 22.5 Å². The maximum Gasteiger partial charge on any atom is 0.271 e. The van der Waals surface area contributed by atoms with Gasteiger partial charge in [-0.3, -0.25) is 15.5 Å². The van der Waals surface area contributed by atoms with Crippen molar-refractivity contribution in [2.24, 2.45) is 5.10 Å². The van der Waals surface area contributed by atoms with Gasteiger partial charge in [0.05, 0.1) is 10.6 Å². The Kier molecular flexibility index (Phi) is 4.45. The number of aryl methyl sites for hydroxylation is 1. The third-order valence-electron chi connectivity index (χ3n) is 4.59. The van der Waals surface area contributed by atoms with E-state index < -0.39 is 0 Å². The van der Waals surface area contributed by atoms with Gasteiger partial charge in [-0.1, -0.05) is 48.2 Å². The second-order valence-electron chi connectivity index (χ2n) is 6.35. The number of hydrazone groups is 1. The lowest BCUT2D eigenvalue weighted by Gasteiger charge is -2.12. The van der Waals surface area contributed by atoms with Crippen LogP contribution in [0.4, 0.5) is 5.69 Å². The highest BCUT2D eigenvalue weighted by molar-refractivity contribution is 8.14. The number of rotatable bonds is 4. The Morgan fingerprint density at radius 1 is 1.11 bits per heavy atom. The van der Waals surface area contributed by atoms with E-state index in [0.29, 0.717) is 0 Å². The van der Waals surface area contributed by atoms with Gasteiger partial charge >= 0.3 is 0 Å². The van der Waals surface area contributed by atoms with Gasteiger partial charge in [-0.2, -0.15) is 5.10 Å². The quantitative estimate of drug-likeness (QED) is 0.528. The number of hydrogen-bond donors (Lipinski definition) is 1. The minimum absolute atomic E-state index is 0.0128. The summed E-state index contributed by atoms with van der Waals surface area (Å²) in [6.07, 6.45) is 0. The van der Waals surface area contributed by atoms with E-state index in [1.54, 1.807) is 23.9 Å². The average Bonchev–Trinajstić information content (AvgIpc) is 3.27. The molecule has 2 aromatic carbocycles. The molecule has 0 bridgehead atoms. The van der Waals surface area contributed by atoms with Crippen LogP contribution < -0.4 is 5.43 Å². The fourth-order valence-electron chi connectivity index (χ4n) is 3.32. The van der Waals surface area contributed by atoms with Gasteiger partial charge in [0.2, 0.25) is 0 Å². The molecule has 2 heterocycles. The zero-order chi connectivity index (χ0) is 19.0. The normalized spacial score (nSPS) is 16.1. The molecule has 0 saturated carbocycles. The summed E-state index contributed by atoms with van der Waals surface area (Å²) in [5, 5.41) is 16.6. The third-order valence-corrected chi connectivity index (χ3v) is 5.73. The first-order valence-corrected chi connectivity index (χ1v) is 9.41. The monoisotopic (exact) mass is 378 g/mol. The van der Waals surface area contributed by atoms with Gasteiger partial charge in [-0.15, -0.1) is 0 Å². The van der Waals surface area contributed by atoms with Gasteiger partial charge in [0, 0.05) is 34.6 Å². The van der Waals surface area contributed by atoms with Gasteiger partial charge in [-0.05, 0) is 26.0 Å². The molecule has 4 rings (SSSR count). The van der Waals surface area contributed by atoms with Crippen molar-refractivity contribution in [2.75, 3.05) is 0 Å². The van der Waals surface area contributed by atoms with Gasteiger partial charge in [0.25, 0.3) is 5.69 Å². The average molecular weight is 378 g/mol. The van der Waals surface area contributed by atoms with E-state index in [-0.39, 0.29) is 16.0 Å². The fraction of sp³-hybridized carbons (Fsp3) is 0.150. The second kappa shape index (κ2) is 6.92. The van der Waals surface area contributed by atoms with Crippen molar-refractivity contribution in [3.05, 3.63) is 93.3 Å². The molecule has 0 aliphatic carbocycles. The number of benzene rings is 2. The SMILES string of the molecule is Cc1cc([C@@H]2NN=C(c3ccccc3)S2)c(C)n1-c1cccc([N+](=O)[O-])c1. The molecule has 6 nitrogen and oxygen atoms in total. The summed E-state index contributed by atoms with van der Waals surface area (Å²) in [4.78, 5) is 10.7. The van der Waals surface area contributed by atoms with Crippen molar-refractivity contribution in [2.45, 2.75) is 19.2 Å². The number of aromatic nitrogens is 1. The molecule has 136 valence electrons. The van der Waals surface area contributed by atoms with E-state index >= 15 is 0 Å². The molecule has 0 saturated heterocycles. The maximum atomic E-state index is 11.1. The van der Waals surface area contributed by atoms with E-state index in [2.05, 4.69) is 16.6 Å². The van der Waals surface area contributed by atoms with Crippen LogP contribution in [-0.4, -0.2) is 14.5 Å². The molecule has 0 radical (unpaired) electrons. The summed E-state index contributed by atoms with van der Waals surface area (Å²) in [7, 11) is 0. The molecule has 3 aromatic rings. The minimum atomic E-state index is -0.368. The minimum Gasteiger partial charge on any atom is -0.318 e.